The third-order valence-electron chi connectivity index (χ3n) is 1.90. The highest BCUT2D eigenvalue weighted by Gasteiger charge is 2.41. The molecule has 1 unspecified atom stereocenters. The maximum Gasteiger partial charge on any atom is 0.174 e. The lowest BCUT2D eigenvalue weighted by molar-refractivity contribution is -0.250. The van der Waals surface area contributed by atoms with Crippen LogP contribution in [-0.4, -0.2) is 57.7 Å². The van der Waals surface area contributed by atoms with Crippen molar-refractivity contribution >= 4 is 0 Å². The fourth-order valence-electron chi connectivity index (χ4n) is 1.10. The Labute approximate surface area is 69.2 Å². The van der Waals surface area contributed by atoms with Gasteiger partial charge in [-0.2, -0.15) is 0 Å². The van der Waals surface area contributed by atoms with Crippen molar-refractivity contribution in [1.29, 1.82) is 0 Å². The number of rotatable bonds is 1. The van der Waals surface area contributed by atoms with Crippen molar-refractivity contribution < 1.29 is 25.2 Å². The van der Waals surface area contributed by atoms with Crippen LogP contribution in [0, 0.1) is 0 Å². The zero-order valence-corrected chi connectivity index (χ0v) is 6.29. The zero-order chi connectivity index (χ0) is 9.30. The van der Waals surface area contributed by atoms with Gasteiger partial charge in [0.15, 0.2) is 6.29 Å². The SMILES string of the molecule is [NH][C@@H]1C(O)O[C@H](CO)[C@@H](O)[C@@H]1O. The summed E-state index contributed by atoms with van der Waals surface area (Å²) >= 11 is 0. The number of nitrogens with one attached hydrogen (secondary N) is 1. The van der Waals surface area contributed by atoms with E-state index in [-0.39, 0.29) is 0 Å². The third-order valence-corrected chi connectivity index (χ3v) is 1.90. The average Bonchev–Trinajstić information content (AvgIpc) is 2.08. The van der Waals surface area contributed by atoms with Crippen LogP contribution in [0.5, 0.6) is 0 Å². The molecule has 0 aromatic rings. The van der Waals surface area contributed by atoms with Gasteiger partial charge < -0.3 is 25.2 Å². The molecule has 1 saturated heterocycles. The van der Waals surface area contributed by atoms with Gasteiger partial charge in [-0.15, -0.1) is 0 Å². The summed E-state index contributed by atoms with van der Waals surface area (Å²) in [6, 6.07) is -1.29. The Bertz CT molecular complexity index is 150. The quantitative estimate of drug-likeness (QED) is 0.343. The van der Waals surface area contributed by atoms with Crippen molar-refractivity contribution in [2.45, 2.75) is 30.6 Å². The van der Waals surface area contributed by atoms with Crippen LogP contribution in [0.15, 0.2) is 0 Å². The monoisotopic (exact) mass is 178 g/mol. The highest BCUT2D eigenvalue weighted by atomic mass is 16.6. The molecule has 0 amide bonds. The van der Waals surface area contributed by atoms with Gasteiger partial charge in [0.1, 0.15) is 24.4 Å². The van der Waals surface area contributed by atoms with Crippen molar-refractivity contribution in [3.05, 3.63) is 0 Å². The van der Waals surface area contributed by atoms with Gasteiger partial charge >= 0.3 is 0 Å². The maximum absolute atomic E-state index is 9.16. The molecule has 1 rings (SSSR count). The van der Waals surface area contributed by atoms with Crippen LogP contribution < -0.4 is 5.73 Å². The first-order chi connectivity index (χ1) is 5.57. The molecule has 1 aliphatic rings. The van der Waals surface area contributed by atoms with Crippen LogP contribution in [0.2, 0.25) is 0 Å². The van der Waals surface area contributed by atoms with Gasteiger partial charge in [-0.05, 0) is 0 Å². The van der Waals surface area contributed by atoms with Gasteiger partial charge in [-0.1, -0.05) is 0 Å². The van der Waals surface area contributed by atoms with E-state index in [2.05, 4.69) is 4.74 Å². The first kappa shape index (κ1) is 9.85. The second-order valence-electron chi connectivity index (χ2n) is 2.75. The van der Waals surface area contributed by atoms with Crippen LogP contribution in [-0.2, 0) is 4.74 Å². The number of aliphatic hydroxyl groups excluding tert-OH is 4. The molecule has 0 aromatic carbocycles. The van der Waals surface area contributed by atoms with E-state index in [1.54, 1.807) is 0 Å². The fourth-order valence-corrected chi connectivity index (χ4v) is 1.10. The molecule has 1 fully saturated rings. The van der Waals surface area contributed by atoms with Gasteiger partial charge in [0, 0.05) is 0 Å². The molecule has 1 radical (unpaired) electrons. The number of aliphatic hydroxyl groups is 4. The Balaban J connectivity index is 2.63. The maximum atomic E-state index is 9.16. The molecule has 0 spiro atoms. The third kappa shape index (κ3) is 1.58. The van der Waals surface area contributed by atoms with Crippen LogP contribution in [0.3, 0.4) is 0 Å². The van der Waals surface area contributed by atoms with E-state index in [1.807, 2.05) is 0 Å². The molecule has 0 aliphatic carbocycles. The Morgan fingerprint density at radius 3 is 2.25 bits per heavy atom. The number of hydrogen-bond acceptors (Lipinski definition) is 5. The Morgan fingerprint density at radius 1 is 1.17 bits per heavy atom. The van der Waals surface area contributed by atoms with E-state index in [9.17, 15) is 0 Å². The van der Waals surface area contributed by atoms with Gasteiger partial charge in [0.2, 0.25) is 0 Å². The average molecular weight is 178 g/mol. The van der Waals surface area contributed by atoms with E-state index >= 15 is 0 Å². The summed E-state index contributed by atoms with van der Waals surface area (Å²) in [5.74, 6) is 0. The Morgan fingerprint density at radius 2 is 1.75 bits per heavy atom. The Hall–Kier alpha value is -0.240. The van der Waals surface area contributed by atoms with Crippen LogP contribution in [0.4, 0.5) is 0 Å². The lowest BCUT2D eigenvalue weighted by Crippen LogP contribution is -2.59. The predicted octanol–water partition coefficient (Wildman–Crippen LogP) is -2.93. The number of hydrogen-bond donors (Lipinski definition) is 4. The summed E-state index contributed by atoms with van der Waals surface area (Å²) in [7, 11) is 0. The summed E-state index contributed by atoms with van der Waals surface area (Å²) in [5, 5.41) is 35.9. The van der Waals surface area contributed by atoms with E-state index in [0.717, 1.165) is 0 Å². The van der Waals surface area contributed by atoms with Crippen molar-refractivity contribution in [2.75, 3.05) is 6.61 Å². The first-order valence-corrected chi connectivity index (χ1v) is 3.59. The molecular weight excluding hydrogens is 166 g/mol. The van der Waals surface area contributed by atoms with E-state index in [1.165, 1.54) is 0 Å². The molecule has 12 heavy (non-hydrogen) atoms. The lowest BCUT2D eigenvalue weighted by atomic mass is 9.98. The standard InChI is InChI=1S/C6H12NO5/c7-3-5(10)4(9)2(1-8)12-6(3)11/h2-11H,1H2/t2-,3+,4-,5-,6?/m1/s1. The van der Waals surface area contributed by atoms with Crippen molar-refractivity contribution in [3.63, 3.8) is 0 Å². The molecule has 71 valence electrons. The normalized spacial score (nSPS) is 49.2. The summed E-state index contributed by atoms with van der Waals surface area (Å²) in [6.07, 6.45) is -5.18. The molecule has 5 N–H and O–H groups in total. The molecule has 1 aliphatic heterocycles. The highest BCUT2D eigenvalue weighted by molar-refractivity contribution is 4.90. The summed E-state index contributed by atoms with van der Waals surface area (Å²) in [4.78, 5) is 0. The first-order valence-electron chi connectivity index (χ1n) is 3.59. The van der Waals surface area contributed by atoms with Crippen LogP contribution in [0.25, 0.3) is 0 Å². The second-order valence-corrected chi connectivity index (χ2v) is 2.75. The van der Waals surface area contributed by atoms with Gasteiger partial charge in [-0.3, -0.25) is 0 Å². The minimum absolute atomic E-state index is 0.498. The minimum Gasteiger partial charge on any atom is -0.394 e. The van der Waals surface area contributed by atoms with Gasteiger partial charge in [0.05, 0.1) is 6.61 Å². The van der Waals surface area contributed by atoms with Gasteiger partial charge in [-0.25, -0.2) is 5.73 Å². The van der Waals surface area contributed by atoms with Gasteiger partial charge in [0.25, 0.3) is 0 Å². The molecule has 5 atom stereocenters. The minimum atomic E-state index is -1.46. The van der Waals surface area contributed by atoms with E-state index < -0.39 is 37.3 Å². The van der Waals surface area contributed by atoms with E-state index in [0.29, 0.717) is 0 Å². The Kier molecular flexibility index (Phi) is 2.99. The smallest absolute Gasteiger partial charge is 0.174 e. The fraction of sp³-hybridized carbons (Fsp3) is 1.00. The molecule has 0 bridgehead atoms. The zero-order valence-electron chi connectivity index (χ0n) is 6.29. The lowest BCUT2D eigenvalue weighted by Gasteiger charge is -2.37. The van der Waals surface area contributed by atoms with Crippen molar-refractivity contribution in [1.82, 2.24) is 5.73 Å². The molecular formula is C6H12NO5. The molecule has 6 heteroatoms. The summed E-state index contributed by atoms with van der Waals surface area (Å²) in [5.41, 5.74) is 7.11. The van der Waals surface area contributed by atoms with Crippen molar-refractivity contribution in [2.24, 2.45) is 0 Å². The molecule has 6 nitrogen and oxygen atoms in total. The summed E-state index contributed by atoms with van der Waals surface area (Å²) < 4.78 is 4.64. The van der Waals surface area contributed by atoms with E-state index in [4.69, 9.17) is 26.2 Å². The molecule has 0 aromatic heterocycles. The largest absolute Gasteiger partial charge is 0.394 e. The summed E-state index contributed by atoms with van der Waals surface area (Å²) in [6.45, 7) is -0.498. The molecule has 1 heterocycles. The van der Waals surface area contributed by atoms with Crippen molar-refractivity contribution in [3.8, 4) is 0 Å². The second kappa shape index (κ2) is 3.65. The highest BCUT2D eigenvalue weighted by Crippen LogP contribution is 2.18. The predicted molar refractivity (Wildman–Crippen MR) is 36.9 cm³/mol. The van der Waals surface area contributed by atoms with Crippen LogP contribution in [0.1, 0.15) is 0 Å². The number of ether oxygens (including phenoxy) is 1. The topological polar surface area (TPSA) is 114 Å². The van der Waals surface area contributed by atoms with Crippen LogP contribution >= 0.6 is 0 Å². The molecule has 0 saturated carbocycles.